The summed E-state index contributed by atoms with van der Waals surface area (Å²) >= 11 is 0. The summed E-state index contributed by atoms with van der Waals surface area (Å²) in [6.07, 6.45) is 0.787. The Morgan fingerprint density at radius 2 is 1.92 bits per heavy atom. The van der Waals surface area contributed by atoms with Crippen LogP contribution < -0.4 is 5.32 Å². The maximum atomic E-state index is 12.8. The maximum absolute atomic E-state index is 12.8. The van der Waals surface area contributed by atoms with E-state index in [1.807, 2.05) is 13.8 Å². The van der Waals surface area contributed by atoms with Crippen molar-refractivity contribution in [3.63, 3.8) is 0 Å². The molecule has 2 aliphatic rings. The molecule has 1 aromatic carbocycles. The van der Waals surface area contributed by atoms with Gasteiger partial charge >= 0.3 is 0 Å². The van der Waals surface area contributed by atoms with E-state index in [4.69, 9.17) is 0 Å². The van der Waals surface area contributed by atoms with E-state index in [-0.39, 0.29) is 29.8 Å². The number of amides is 2. The topological polar surface area (TPSA) is 86.8 Å². The number of likely N-dealkylation sites (N-methyl/N-ethyl adjacent to an activating group) is 1. The molecule has 2 heterocycles. The van der Waals surface area contributed by atoms with E-state index in [0.717, 1.165) is 0 Å². The van der Waals surface area contributed by atoms with Gasteiger partial charge in [0.2, 0.25) is 21.8 Å². The molecule has 0 aromatic heterocycles. The largest absolute Gasteiger partial charge is 0.344 e. The number of hydrogen-bond acceptors (Lipinski definition) is 4. The fourth-order valence-electron chi connectivity index (χ4n) is 3.88. The van der Waals surface area contributed by atoms with Gasteiger partial charge < -0.3 is 10.2 Å². The minimum atomic E-state index is -3.63. The number of rotatable bonds is 5. The molecule has 142 valence electrons. The van der Waals surface area contributed by atoms with Crippen LogP contribution in [0.1, 0.15) is 26.7 Å². The molecule has 0 unspecified atom stereocenters. The van der Waals surface area contributed by atoms with Crippen molar-refractivity contribution in [2.75, 3.05) is 26.2 Å². The molecule has 2 atom stereocenters. The quantitative estimate of drug-likeness (QED) is 0.821. The Bertz CT molecular complexity index is 792. The zero-order valence-corrected chi connectivity index (χ0v) is 16.0. The minimum Gasteiger partial charge on any atom is -0.344 e. The van der Waals surface area contributed by atoms with Gasteiger partial charge in [0.15, 0.2) is 0 Å². The van der Waals surface area contributed by atoms with Crippen LogP contribution in [0.2, 0.25) is 0 Å². The summed E-state index contributed by atoms with van der Waals surface area (Å²) in [5, 5.41) is 2.80. The van der Waals surface area contributed by atoms with E-state index in [0.29, 0.717) is 25.9 Å². The lowest BCUT2D eigenvalue weighted by molar-refractivity contribution is -0.134. The van der Waals surface area contributed by atoms with Crippen molar-refractivity contribution < 1.29 is 18.0 Å². The molecule has 0 aliphatic carbocycles. The Balaban J connectivity index is 1.77. The molecule has 26 heavy (non-hydrogen) atoms. The van der Waals surface area contributed by atoms with E-state index < -0.39 is 21.5 Å². The molecule has 1 aromatic rings. The van der Waals surface area contributed by atoms with E-state index in [1.54, 1.807) is 35.2 Å². The maximum Gasteiger partial charge on any atom is 0.245 e. The molecular weight excluding hydrogens is 354 g/mol. The molecule has 2 aliphatic heterocycles. The summed E-state index contributed by atoms with van der Waals surface area (Å²) in [7, 11) is -3.63. The van der Waals surface area contributed by atoms with Crippen LogP contribution in [0.3, 0.4) is 0 Å². The fourth-order valence-corrected chi connectivity index (χ4v) is 5.43. The highest BCUT2D eigenvalue weighted by molar-refractivity contribution is 7.89. The van der Waals surface area contributed by atoms with E-state index in [1.165, 1.54) is 4.31 Å². The number of nitrogens with zero attached hydrogens (tertiary/aromatic N) is 2. The van der Waals surface area contributed by atoms with Crippen LogP contribution >= 0.6 is 0 Å². The second kappa shape index (κ2) is 7.00. The molecule has 2 saturated heterocycles. The molecule has 2 amide bonds. The van der Waals surface area contributed by atoms with E-state index in [9.17, 15) is 18.0 Å². The van der Waals surface area contributed by atoms with Crippen molar-refractivity contribution in [1.29, 1.82) is 0 Å². The molecule has 1 spiro atoms. The molecule has 7 nitrogen and oxygen atoms in total. The molecule has 2 fully saturated rings. The molecule has 0 bridgehead atoms. The van der Waals surface area contributed by atoms with Gasteiger partial charge in [-0.25, -0.2) is 8.42 Å². The second-order valence-corrected chi connectivity index (χ2v) is 8.86. The molecule has 0 radical (unpaired) electrons. The highest BCUT2D eigenvalue weighted by Gasteiger charge is 2.54. The number of sulfonamides is 1. The van der Waals surface area contributed by atoms with Crippen LogP contribution in [0.25, 0.3) is 0 Å². The summed E-state index contributed by atoms with van der Waals surface area (Å²) in [4.78, 5) is 27.1. The van der Waals surface area contributed by atoms with Crippen LogP contribution in [0.15, 0.2) is 35.2 Å². The van der Waals surface area contributed by atoms with Crippen molar-refractivity contribution in [2.45, 2.75) is 37.6 Å². The second-order valence-electron chi connectivity index (χ2n) is 6.92. The smallest absolute Gasteiger partial charge is 0.245 e. The summed E-state index contributed by atoms with van der Waals surface area (Å²) in [5.74, 6) is -0.307. The summed E-state index contributed by atoms with van der Waals surface area (Å²) in [5.41, 5.74) is -0.810. The molecule has 0 saturated carbocycles. The Morgan fingerprint density at radius 3 is 2.54 bits per heavy atom. The Hall–Kier alpha value is -1.93. The Morgan fingerprint density at radius 1 is 1.27 bits per heavy atom. The van der Waals surface area contributed by atoms with Crippen LogP contribution in [0.5, 0.6) is 0 Å². The van der Waals surface area contributed by atoms with Crippen LogP contribution in [-0.2, 0) is 19.6 Å². The van der Waals surface area contributed by atoms with Crippen LogP contribution in [-0.4, -0.2) is 61.7 Å². The van der Waals surface area contributed by atoms with Gasteiger partial charge in [0.05, 0.1) is 10.3 Å². The monoisotopic (exact) mass is 379 g/mol. The van der Waals surface area contributed by atoms with Gasteiger partial charge in [-0.3, -0.25) is 9.59 Å². The number of carbonyl (C=O) groups excluding carboxylic acids is 2. The average molecular weight is 379 g/mol. The van der Waals surface area contributed by atoms with Crippen LogP contribution in [0, 0.1) is 5.41 Å². The lowest BCUT2D eigenvalue weighted by Gasteiger charge is -2.23. The zero-order chi connectivity index (χ0) is 18.9. The lowest BCUT2D eigenvalue weighted by atomic mass is 9.84. The summed E-state index contributed by atoms with van der Waals surface area (Å²) < 4.78 is 27.0. The highest BCUT2D eigenvalue weighted by Crippen LogP contribution is 2.41. The van der Waals surface area contributed by atoms with Gasteiger partial charge in [-0.15, -0.1) is 0 Å². The van der Waals surface area contributed by atoms with E-state index in [2.05, 4.69) is 5.32 Å². The standard InChI is InChI=1S/C18H25N3O4S/c1-3-20(4-2)16(22)15-12-18(17(23)19-15)10-11-21(13-18)26(24,25)14-8-6-5-7-9-14/h5-9,15H,3-4,10-13H2,1-2H3,(H,19,23)/t15-,18+/m0/s1. The molecular formula is C18H25N3O4S. The minimum absolute atomic E-state index is 0.0930. The predicted octanol–water partition coefficient (Wildman–Crippen LogP) is 0.824. The number of nitrogens with one attached hydrogen (secondary N) is 1. The van der Waals surface area contributed by atoms with Crippen molar-refractivity contribution in [3.05, 3.63) is 30.3 Å². The zero-order valence-electron chi connectivity index (χ0n) is 15.1. The van der Waals surface area contributed by atoms with E-state index >= 15 is 0 Å². The number of benzene rings is 1. The first-order chi connectivity index (χ1) is 12.3. The fraction of sp³-hybridized carbons (Fsp3) is 0.556. The Kier molecular flexibility index (Phi) is 5.07. The van der Waals surface area contributed by atoms with Crippen molar-refractivity contribution in [2.24, 2.45) is 5.41 Å². The Labute approximate surface area is 154 Å². The normalized spacial score (nSPS) is 26.2. The first-order valence-electron chi connectivity index (χ1n) is 8.99. The number of hydrogen-bond donors (Lipinski definition) is 1. The van der Waals surface area contributed by atoms with Crippen molar-refractivity contribution >= 4 is 21.8 Å². The van der Waals surface area contributed by atoms with Crippen molar-refractivity contribution in [1.82, 2.24) is 14.5 Å². The highest BCUT2D eigenvalue weighted by atomic mass is 32.2. The molecule has 1 N–H and O–H groups in total. The van der Waals surface area contributed by atoms with Gasteiger partial charge in [-0.1, -0.05) is 18.2 Å². The molecule has 3 rings (SSSR count). The molecule has 8 heteroatoms. The van der Waals surface area contributed by atoms with Crippen molar-refractivity contribution in [3.8, 4) is 0 Å². The summed E-state index contributed by atoms with van der Waals surface area (Å²) in [6, 6.07) is 7.67. The third-order valence-corrected chi connectivity index (χ3v) is 7.31. The first-order valence-corrected chi connectivity index (χ1v) is 10.4. The van der Waals surface area contributed by atoms with Gasteiger partial charge in [0.25, 0.3) is 0 Å². The number of carbonyl (C=O) groups is 2. The predicted molar refractivity (Wildman–Crippen MR) is 96.7 cm³/mol. The lowest BCUT2D eigenvalue weighted by Crippen LogP contribution is -2.44. The first kappa shape index (κ1) is 18.8. The van der Waals surface area contributed by atoms with Gasteiger partial charge in [-0.05, 0) is 38.8 Å². The van der Waals surface area contributed by atoms with Crippen LogP contribution in [0.4, 0.5) is 0 Å². The third kappa shape index (κ3) is 3.12. The van der Waals surface area contributed by atoms with Gasteiger partial charge in [-0.2, -0.15) is 4.31 Å². The third-order valence-electron chi connectivity index (χ3n) is 5.45. The van der Waals surface area contributed by atoms with Gasteiger partial charge in [0, 0.05) is 26.2 Å². The summed E-state index contributed by atoms with van der Waals surface area (Å²) in [6.45, 7) is 5.39. The SMILES string of the molecule is CCN(CC)C(=O)[C@@H]1C[C@@]2(CCN(S(=O)(=O)c3ccccc3)C2)C(=O)N1. The van der Waals surface area contributed by atoms with Gasteiger partial charge in [0.1, 0.15) is 6.04 Å². The average Bonchev–Trinajstić information content (AvgIpc) is 3.22.